The second kappa shape index (κ2) is 4.10. The molecule has 1 aromatic carbocycles. The highest BCUT2D eigenvalue weighted by Crippen LogP contribution is 2.19. The fraction of sp³-hybridized carbons (Fsp3) is 0.0833. The number of carbonyl (C=O) groups is 1. The van der Waals surface area contributed by atoms with Crippen LogP contribution in [0.2, 0.25) is 0 Å². The SMILES string of the molecule is Cn1nc(-c2cccc(C#N)c2)cc1C(=O)O. The highest BCUT2D eigenvalue weighted by Gasteiger charge is 2.12. The lowest BCUT2D eigenvalue weighted by molar-refractivity contribution is 0.0685. The zero-order valence-corrected chi connectivity index (χ0v) is 9.08. The van der Waals surface area contributed by atoms with Crippen LogP contribution in [-0.4, -0.2) is 20.9 Å². The molecule has 5 heteroatoms. The number of aryl methyl sites for hydroxylation is 1. The van der Waals surface area contributed by atoms with Crippen LogP contribution in [0.5, 0.6) is 0 Å². The van der Waals surface area contributed by atoms with Crippen LogP contribution in [0.1, 0.15) is 16.1 Å². The fourth-order valence-corrected chi connectivity index (χ4v) is 1.56. The van der Waals surface area contributed by atoms with E-state index in [-0.39, 0.29) is 5.69 Å². The van der Waals surface area contributed by atoms with Gasteiger partial charge in [-0.25, -0.2) is 4.79 Å². The largest absolute Gasteiger partial charge is 0.477 e. The van der Waals surface area contributed by atoms with Crippen molar-refractivity contribution in [2.75, 3.05) is 0 Å². The van der Waals surface area contributed by atoms with E-state index in [0.717, 1.165) is 5.56 Å². The maximum Gasteiger partial charge on any atom is 0.354 e. The third-order valence-corrected chi connectivity index (χ3v) is 2.39. The molecule has 0 spiro atoms. The van der Waals surface area contributed by atoms with E-state index >= 15 is 0 Å². The van der Waals surface area contributed by atoms with Crippen LogP contribution in [0.3, 0.4) is 0 Å². The molecule has 0 bridgehead atoms. The molecule has 0 saturated heterocycles. The summed E-state index contributed by atoms with van der Waals surface area (Å²) in [5.74, 6) is -1.03. The van der Waals surface area contributed by atoms with Gasteiger partial charge >= 0.3 is 5.97 Å². The summed E-state index contributed by atoms with van der Waals surface area (Å²) in [5, 5.41) is 21.8. The van der Waals surface area contributed by atoms with Crippen molar-refractivity contribution in [3.05, 3.63) is 41.6 Å². The molecule has 1 N–H and O–H groups in total. The summed E-state index contributed by atoms with van der Waals surface area (Å²) in [7, 11) is 1.57. The zero-order chi connectivity index (χ0) is 12.4. The molecule has 84 valence electrons. The van der Waals surface area contributed by atoms with Crippen LogP contribution in [0.4, 0.5) is 0 Å². The Morgan fingerprint density at radius 1 is 1.47 bits per heavy atom. The second-order valence-electron chi connectivity index (χ2n) is 3.54. The van der Waals surface area contributed by atoms with Gasteiger partial charge in [0.25, 0.3) is 0 Å². The van der Waals surface area contributed by atoms with Gasteiger partial charge in [0.1, 0.15) is 5.69 Å². The first kappa shape index (κ1) is 10.9. The maximum atomic E-state index is 10.9. The average molecular weight is 227 g/mol. The summed E-state index contributed by atoms with van der Waals surface area (Å²) in [6.07, 6.45) is 0. The number of carboxylic acids is 1. The van der Waals surface area contributed by atoms with Gasteiger partial charge in [0, 0.05) is 12.6 Å². The van der Waals surface area contributed by atoms with E-state index in [1.165, 1.54) is 10.7 Å². The standard InChI is InChI=1S/C12H9N3O2/c1-15-11(12(16)17)6-10(14-15)9-4-2-3-8(5-9)7-13/h2-6H,1H3,(H,16,17). The lowest BCUT2D eigenvalue weighted by Crippen LogP contribution is -2.04. The molecule has 0 unspecified atom stereocenters. The van der Waals surface area contributed by atoms with Gasteiger partial charge in [0.15, 0.2) is 0 Å². The van der Waals surface area contributed by atoms with Gasteiger partial charge in [0.05, 0.1) is 17.3 Å². The third-order valence-electron chi connectivity index (χ3n) is 2.39. The van der Waals surface area contributed by atoms with Crippen LogP contribution in [0.25, 0.3) is 11.3 Å². The van der Waals surface area contributed by atoms with E-state index in [1.54, 1.807) is 31.3 Å². The lowest BCUT2D eigenvalue weighted by atomic mass is 10.1. The number of nitriles is 1. The molecule has 17 heavy (non-hydrogen) atoms. The molecular weight excluding hydrogens is 218 g/mol. The lowest BCUT2D eigenvalue weighted by Gasteiger charge is -1.96. The van der Waals surface area contributed by atoms with E-state index in [9.17, 15) is 4.79 Å². The van der Waals surface area contributed by atoms with Crippen molar-refractivity contribution in [3.63, 3.8) is 0 Å². The molecule has 0 aliphatic carbocycles. The molecule has 2 rings (SSSR count). The Morgan fingerprint density at radius 2 is 2.24 bits per heavy atom. The molecule has 0 aliphatic heterocycles. The van der Waals surface area contributed by atoms with Gasteiger partial charge in [0.2, 0.25) is 0 Å². The number of aromatic carboxylic acids is 1. The summed E-state index contributed by atoms with van der Waals surface area (Å²) >= 11 is 0. The van der Waals surface area contributed by atoms with Gasteiger partial charge in [-0.3, -0.25) is 4.68 Å². The number of aromatic nitrogens is 2. The van der Waals surface area contributed by atoms with Crippen molar-refractivity contribution >= 4 is 5.97 Å². The highest BCUT2D eigenvalue weighted by molar-refractivity contribution is 5.87. The average Bonchev–Trinajstić information content (AvgIpc) is 2.71. The Bertz CT molecular complexity index is 623. The van der Waals surface area contributed by atoms with Crippen LogP contribution in [-0.2, 0) is 7.05 Å². The van der Waals surface area contributed by atoms with Crippen LogP contribution < -0.4 is 0 Å². The van der Waals surface area contributed by atoms with Gasteiger partial charge in [-0.2, -0.15) is 10.4 Å². The summed E-state index contributed by atoms with van der Waals surface area (Å²) in [6.45, 7) is 0. The second-order valence-corrected chi connectivity index (χ2v) is 3.54. The van der Waals surface area contributed by atoms with Gasteiger partial charge in [-0.15, -0.1) is 0 Å². The van der Waals surface area contributed by atoms with Crippen molar-refractivity contribution < 1.29 is 9.90 Å². The summed E-state index contributed by atoms with van der Waals surface area (Å²) in [4.78, 5) is 10.9. The molecule has 0 fully saturated rings. The normalized spacial score (nSPS) is 9.88. The Balaban J connectivity index is 2.50. The molecule has 0 saturated carbocycles. The zero-order valence-electron chi connectivity index (χ0n) is 9.08. The fourth-order valence-electron chi connectivity index (χ4n) is 1.56. The monoisotopic (exact) mass is 227 g/mol. The minimum Gasteiger partial charge on any atom is -0.477 e. The number of carboxylic acid groups (broad SMARTS) is 1. The summed E-state index contributed by atoms with van der Waals surface area (Å²) in [6, 6.07) is 10.4. The van der Waals surface area contributed by atoms with Crippen molar-refractivity contribution in [1.29, 1.82) is 5.26 Å². The number of nitrogens with zero attached hydrogens (tertiary/aromatic N) is 3. The predicted octanol–water partition coefficient (Wildman–Crippen LogP) is 1.66. The van der Waals surface area contributed by atoms with E-state index in [4.69, 9.17) is 10.4 Å². The first-order chi connectivity index (χ1) is 8.11. The Hall–Kier alpha value is -2.61. The Labute approximate surface area is 97.5 Å². The van der Waals surface area contributed by atoms with E-state index < -0.39 is 5.97 Å². The van der Waals surface area contributed by atoms with Crippen LogP contribution >= 0.6 is 0 Å². The highest BCUT2D eigenvalue weighted by atomic mass is 16.4. The van der Waals surface area contributed by atoms with Crippen molar-refractivity contribution in [3.8, 4) is 17.3 Å². The van der Waals surface area contributed by atoms with Gasteiger partial charge < -0.3 is 5.11 Å². The molecule has 1 heterocycles. The van der Waals surface area contributed by atoms with Crippen LogP contribution in [0.15, 0.2) is 30.3 Å². The van der Waals surface area contributed by atoms with Crippen LogP contribution in [0, 0.1) is 11.3 Å². The molecule has 0 amide bonds. The Morgan fingerprint density at radius 3 is 2.82 bits per heavy atom. The first-order valence-corrected chi connectivity index (χ1v) is 4.89. The molecule has 5 nitrogen and oxygen atoms in total. The topological polar surface area (TPSA) is 78.9 Å². The molecular formula is C12H9N3O2. The van der Waals surface area contributed by atoms with Crippen molar-refractivity contribution in [1.82, 2.24) is 9.78 Å². The van der Waals surface area contributed by atoms with Crippen molar-refractivity contribution in [2.45, 2.75) is 0 Å². The number of benzene rings is 1. The predicted molar refractivity (Wildman–Crippen MR) is 60.3 cm³/mol. The number of hydrogen-bond donors (Lipinski definition) is 1. The van der Waals surface area contributed by atoms with Gasteiger partial charge in [-0.1, -0.05) is 12.1 Å². The molecule has 0 atom stereocenters. The first-order valence-electron chi connectivity index (χ1n) is 4.89. The Kier molecular flexibility index (Phi) is 2.63. The van der Waals surface area contributed by atoms with E-state index in [1.807, 2.05) is 6.07 Å². The molecule has 0 aliphatic rings. The van der Waals surface area contributed by atoms with Gasteiger partial charge in [-0.05, 0) is 18.2 Å². The third kappa shape index (κ3) is 2.01. The molecule has 1 aromatic heterocycles. The number of hydrogen-bond acceptors (Lipinski definition) is 3. The quantitative estimate of drug-likeness (QED) is 0.846. The molecule has 0 radical (unpaired) electrons. The smallest absolute Gasteiger partial charge is 0.354 e. The molecule has 2 aromatic rings. The summed E-state index contributed by atoms with van der Waals surface area (Å²) < 4.78 is 1.30. The minimum absolute atomic E-state index is 0.113. The van der Waals surface area contributed by atoms with E-state index in [0.29, 0.717) is 11.3 Å². The van der Waals surface area contributed by atoms with E-state index in [2.05, 4.69) is 5.10 Å². The maximum absolute atomic E-state index is 10.9. The number of rotatable bonds is 2. The minimum atomic E-state index is -1.03. The van der Waals surface area contributed by atoms with Crippen molar-refractivity contribution in [2.24, 2.45) is 7.05 Å². The summed E-state index contributed by atoms with van der Waals surface area (Å²) in [5.41, 5.74) is 1.90.